The first kappa shape index (κ1) is 9.44. The highest BCUT2D eigenvalue weighted by atomic mass is 16.1. The van der Waals surface area contributed by atoms with Gasteiger partial charge < -0.3 is 4.90 Å². The molecular weight excluding hydrogens is 186 g/mol. The minimum absolute atomic E-state index is 0.791. The van der Waals surface area contributed by atoms with Gasteiger partial charge in [0.2, 0.25) is 6.41 Å². The number of rotatable bonds is 1. The zero-order valence-electron chi connectivity index (χ0n) is 9.57. The second kappa shape index (κ2) is 3.10. The topological polar surface area (TPSA) is 20.3 Å². The summed E-state index contributed by atoms with van der Waals surface area (Å²) >= 11 is 0. The first-order valence-electron chi connectivity index (χ1n) is 6.09. The third-order valence-corrected chi connectivity index (χ3v) is 4.79. The van der Waals surface area contributed by atoms with Crippen molar-refractivity contribution in [3.05, 3.63) is 11.1 Å². The van der Waals surface area contributed by atoms with Crippen molar-refractivity contribution in [2.24, 2.45) is 23.7 Å². The van der Waals surface area contributed by atoms with Crippen molar-refractivity contribution in [3.8, 4) is 0 Å². The minimum atomic E-state index is 0.791. The molecule has 2 saturated carbocycles. The molecule has 3 fully saturated rings. The molecule has 0 aromatic rings. The van der Waals surface area contributed by atoms with E-state index < -0.39 is 0 Å². The molecule has 1 heterocycles. The summed E-state index contributed by atoms with van der Waals surface area (Å²) in [6.07, 6.45) is 3.79. The molecule has 2 bridgehead atoms. The zero-order valence-corrected chi connectivity index (χ0v) is 9.57. The Kier molecular flexibility index (Phi) is 1.95. The Morgan fingerprint density at radius 3 is 2.13 bits per heavy atom. The van der Waals surface area contributed by atoms with Crippen molar-refractivity contribution in [3.63, 3.8) is 0 Å². The average Bonchev–Trinajstić information content (AvgIpc) is 2.86. The van der Waals surface area contributed by atoms with E-state index in [1.165, 1.54) is 12.8 Å². The summed E-state index contributed by atoms with van der Waals surface area (Å²) in [5, 5.41) is 0. The van der Waals surface area contributed by atoms with Gasteiger partial charge in [0, 0.05) is 13.1 Å². The van der Waals surface area contributed by atoms with Gasteiger partial charge in [-0.05, 0) is 50.4 Å². The number of hydrogen-bond donors (Lipinski definition) is 0. The van der Waals surface area contributed by atoms with Gasteiger partial charge in [-0.1, -0.05) is 11.1 Å². The minimum Gasteiger partial charge on any atom is -0.345 e. The number of carbonyl (C=O) groups excluding carboxylic acids is 1. The van der Waals surface area contributed by atoms with Gasteiger partial charge in [-0.25, -0.2) is 0 Å². The Morgan fingerprint density at radius 2 is 1.73 bits per heavy atom. The number of hydrogen-bond acceptors (Lipinski definition) is 1. The normalized spacial score (nSPS) is 42.3. The Balaban J connectivity index is 1.92. The van der Waals surface area contributed by atoms with Gasteiger partial charge in [-0.2, -0.15) is 0 Å². The van der Waals surface area contributed by atoms with E-state index in [1.54, 1.807) is 11.1 Å². The Hall–Kier alpha value is -0.790. The van der Waals surface area contributed by atoms with E-state index in [-0.39, 0.29) is 0 Å². The van der Waals surface area contributed by atoms with Gasteiger partial charge in [0.25, 0.3) is 0 Å². The summed E-state index contributed by atoms with van der Waals surface area (Å²) in [7, 11) is 0. The summed E-state index contributed by atoms with van der Waals surface area (Å²) in [4.78, 5) is 12.8. The quantitative estimate of drug-likeness (QED) is 0.474. The highest BCUT2D eigenvalue weighted by Gasteiger charge is 2.54. The van der Waals surface area contributed by atoms with Gasteiger partial charge in [0.05, 0.1) is 0 Å². The maximum absolute atomic E-state index is 10.8. The molecule has 0 unspecified atom stereocenters. The number of amides is 1. The molecule has 2 heteroatoms. The molecule has 1 aliphatic heterocycles. The molecule has 1 amide bonds. The van der Waals surface area contributed by atoms with E-state index in [0.717, 1.165) is 43.2 Å². The molecule has 1 saturated heterocycles. The number of allylic oxidation sites excluding steroid dienone is 2. The van der Waals surface area contributed by atoms with E-state index >= 15 is 0 Å². The molecule has 0 aromatic heterocycles. The molecule has 2 aliphatic carbocycles. The molecular formula is C13H19NO. The van der Waals surface area contributed by atoms with E-state index in [2.05, 4.69) is 13.8 Å². The van der Waals surface area contributed by atoms with Crippen molar-refractivity contribution < 1.29 is 4.79 Å². The SMILES string of the molecule is CC(C)=C1[C@H]2CC[C@@H]1[C@H]1CN(C=O)C[C@H]12. The summed E-state index contributed by atoms with van der Waals surface area (Å²) in [5.74, 6) is 3.21. The van der Waals surface area contributed by atoms with Crippen molar-refractivity contribution >= 4 is 6.41 Å². The lowest BCUT2D eigenvalue weighted by atomic mass is 9.82. The second-order valence-electron chi connectivity index (χ2n) is 5.63. The molecule has 0 spiro atoms. The monoisotopic (exact) mass is 205 g/mol. The molecule has 15 heavy (non-hydrogen) atoms. The fourth-order valence-corrected chi connectivity index (χ4v) is 4.40. The van der Waals surface area contributed by atoms with Crippen LogP contribution in [0.5, 0.6) is 0 Å². The zero-order chi connectivity index (χ0) is 10.6. The molecule has 0 N–H and O–H groups in total. The van der Waals surface area contributed by atoms with Crippen LogP contribution in [0.4, 0.5) is 0 Å². The Labute approximate surface area is 91.3 Å². The number of nitrogens with zero attached hydrogens (tertiary/aromatic N) is 1. The molecule has 4 atom stereocenters. The lowest BCUT2D eigenvalue weighted by Crippen LogP contribution is -2.21. The molecule has 3 rings (SSSR count). The van der Waals surface area contributed by atoms with E-state index in [1.807, 2.05) is 4.90 Å². The summed E-state index contributed by atoms with van der Waals surface area (Å²) in [6.45, 7) is 6.57. The highest BCUT2D eigenvalue weighted by Crippen LogP contribution is 2.58. The van der Waals surface area contributed by atoms with Crippen molar-refractivity contribution in [1.29, 1.82) is 0 Å². The van der Waals surface area contributed by atoms with Crippen LogP contribution in [-0.2, 0) is 4.79 Å². The standard InChI is InChI=1S/C13H19NO/c1-8(2)13-9-3-4-10(13)12-6-14(7-15)5-11(9)12/h7,9-12H,3-6H2,1-2H3/t9-,10+,11-,12+. The summed E-state index contributed by atoms with van der Waals surface area (Å²) in [6, 6.07) is 0. The third-order valence-electron chi connectivity index (χ3n) is 4.79. The first-order valence-corrected chi connectivity index (χ1v) is 6.09. The fraction of sp³-hybridized carbons (Fsp3) is 0.769. The van der Waals surface area contributed by atoms with Crippen LogP contribution in [0, 0.1) is 23.7 Å². The number of fused-ring (bicyclic) bond motifs is 5. The maximum Gasteiger partial charge on any atom is 0.209 e. The Bertz CT molecular complexity index is 307. The lowest BCUT2D eigenvalue weighted by molar-refractivity contribution is -0.117. The molecule has 82 valence electrons. The molecule has 0 aromatic carbocycles. The number of likely N-dealkylation sites (tertiary alicyclic amines) is 1. The van der Waals surface area contributed by atoms with Crippen LogP contribution in [0.1, 0.15) is 26.7 Å². The third kappa shape index (κ3) is 1.14. The molecule has 2 nitrogen and oxygen atoms in total. The maximum atomic E-state index is 10.8. The average molecular weight is 205 g/mol. The highest BCUT2D eigenvalue weighted by molar-refractivity contribution is 5.49. The van der Waals surface area contributed by atoms with Crippen LogP contribution in [0.3, 0.4) is 0 Å². The summed E-state index contributed by atoms with van der Waals surface area (Å²) in [5.41, 5.74) is 3.31. The number of carbonyl (C=O) groups is 1. The van der Waals surface area contributed by atoms with Crippen LogP contribution in [-0.4, -0.2) is 24.4 Å². The lowest BCUT2D eigenvalue weighted by Gasteiger charge is -2.21. The molecule has 3 aliphatic rings. The van der Waals surface area contributed by atoms with Crippen LogP contribution in [0.25, 0.3) is 0 Å². The molecule has 0 radical (unpaired) electrons. The first-order chi connectivity index (χ1) is 7.22. The van der Waals surface area contributed by atoms with Crippen molar-refractivity contribution in [1.82, 2.24) is 4.90 Å². The van der Waals surface area contributed by atoms with Gasteiger partial charge >= 0.3 is 0 Å². The Morgan fingerprint density at radius 1 is 1.20 bits per heavy atom. The van der Waals surface area contributed by atoms with Crippen LogP contribution in [0.2, 0.25) is 0 Å². The fourth-order valence-electron chi connectivity index (χ4n) is 4.40. The van der Waals surface area contributed by atoms with E-state index in [4.69, 9.17) is 0 Å². The predicted molar refractivity (Wildman–Crippen MR) is 59.2 cm³/mol. The predicted octanol–water partition coefficient (Wildman–Crippen LogP) is 2.07. The van der Waals surface area contributed by atoms with E-state index in [9.17, 15) is 4.79 Å². The van der Waals surface area contributed by atoms with Crippen LogP contribution < -0.4 is 0 Å². The van der Waals surface area contributed by atoms with Gasteiger partial charge in [-0.3, -0.25) is 4.79 Å². The van der Waals surface area contributed by atoms with Gasteiger partial charge in [-0.15, -0.1) is 0 Å². The van der Waals surface area contributed by atoms with Gasteiger partial charge in [0.15, 0.2) is 0 Å². The smallest absolute Gasteiger partial charge is 0.209 e. The largest absolute Gasteiger partial charge is 0.345 e. The summed E-state index contributed by atoms with van der Waals surface area (Å²) < 4.78 is 0. The van der Waals surface area contributed by atoms with E-state index in [0.29, 0.717) is 0 Å². The second-order valence-corrected chi connectivity index (χ2v) is 5.63. The van der Waals surface area contributed by atoms with Crippen molar-refractivity contribution in [2.75, 3.05) is 13.1 Å². The van der Waals surface area contributed by atoms with Crippen LogP contribution >= 0.6 is 0 Å². The van der Waals surface area contributed by atoms with Crippen molar-refractivity contribution in [2.45, 2.75) is 26.7 Å². The van der Waals surface area contributed by atoms with Crippen LogP contribution in [0.15, 0.2) is 11.1 Å². The van der Waals surface area contributed by atoms with Gasteiger partial charge in [0.1, 0.15) is 0 Å².